The zero-order chi connectivity index (χ0) is 71.7. The fraction of sp³-hybridized carbons (Fsp3) is 0.425. The molecular formula is C73H84Cl3F6N9O8. The second-order valence-electron chi connectivity index (χ2n) is 24.7. The lowest BCUT2D eigenvalue weighted by Crippen LogP contribution is -2.42. The van der Waals surface area contributed by atoms with Crippen molar-refractivity contribution in [3.8, 4) is 0 Å². The molecule has 0 saturated heterocycles. The number of anilines is 6. The molecule has 6 aromatic carbocycles. The number of rotatable bonds is 14. The molecule has 0 atom stereocenters. The van der Waals surface area contributed by atoms with Crippen LogP contribution in [0.4, 0.5) is 60.5 Å². The van der Waals surface area contributed by atoms with Gasteiger partial charge in [-0.15, -0.1) is 0 Å². The summed E-state index contributed by atoms with van der Waals surface area (Å²) in [6.07, 6.45) is 4.97. The first-order valence-electron chi connectivity index (χ1n) is 33.3. The van der Waals surface area contributed by atoms with E-state index in [9.17, 15) is 50.3 Å². The third kappa shape index (κ3) is 23.9. The van der Waals surface area contributed by atoms with Gasteiger partial charge in [0.05, 0.1) is 32.1 Å². The summed E-state index contributed by atoms with van der Waals surface area (Å²) in [6, 6.07) is 34.3. The lowest BCUT2D eigenvalue weighted by atomic mass is 9.88. The quantitative estimate of drug-likeness (QED) is 0.0374. The molecule has 0 aromatic heterocycles. The second kappa shape index (κ2) is 38.3. The number of halogens is 9. The molecular weight excluding hydrogens is 1350 g/mol. The minimum absolute atomic E-state index is 0.00222. The van der Waals surface area contributed by atoms with Crippen LogP contribution in [0, 0.1) is 11.8 Å². The van der Waals surface area contributed by atoms with Gasteiger partial charge in [-0.2, -0.15) is 35.9 Å². The number of benzene rings is 6. The summed E-state index contributed by atoms with van der Waals surface area (Å²) in [6.45, 7) is 5.30. The Morgan fingerprint density at radius 2 is 0.808 bits per heavy atom. The van der Waals surface area contributed by atoms with Gasteiger partial charge in [0.1, 0.15) is 0 Å². The number of nitrogens with one attached hydrogen (secondary N) is 6. The molecule has 11 rings (SSSR count). The van der Waals surface area contributed by atoms with Crippen molar-refractivity contribution in [2.45, 2.75) is 148 Å². The largest absolute Gasteiger partial charge is 0.481 e. The van der Waals surface area contributed by atoms with Crippen molar-refractivity contribution in [2.24, 2.45) is 11.8 Å². The Labute approximate surface area is 587 Å². The van der Waals surface area contributed by atoms with E-state index in [-0.39, 0.29) is 68.8 Å². The minimum Gasteiger partial charge on any atom is -0.481 e. The third-order valence-corrected chi connectivity index (χ3v) is 18.9. The maximum Gasteiger partial charge on any atom is 0.471 e. The Kier molecular flexibility index (Phi) is 30.2. The van der Waals surface area contributed by atoms with E-state index in [1.807, 2.05) is 66.7 Å². The molecule has 0 unspecified atom stereocenters. The van der Waals surface area contributed by atoms with E-state index in [0.717, 1.165) is 130 Å². The fourth-order valence-corrected chi connectivity index (χ4v) is 13.2. The van der Waals surface area contributed by atoms with Crippen molar-refractivity contribution in [2.75, 3.05) is 71.6 Å². The highest BCUT2D eigenvalue weighted by Gasteiger charge is 2.44. The molecule has 6 aromatic rings. The van der Waals surface area contributed by atoms with Crippen LogP contribution < -0.4 is 37.6 Å². The van der Waals surface area contributed by atoms with Crippen molar-refractivity contribution in [1.82, 2.24) is 15.1 Å². The molecule has 9 N–H and O–H groups in total. The monoisotopic (exact) mass is 1430 g/mol. The highest BCUT2D eigenvalue weighted by Crippen LogP contribution is 2.37. The molecule has 99 heavy (non-hydrogen) atoms. The van der Waals surface area contributed by atoms with Crippen LogP contribution in [0.3, 0.4) is 0 Å². The highest BCUT2D eigenvalue weighted by molar-refractivity contribution is 6.34. The molecule has 2 saturated carbocycles. The number of hydrogen-bond acceptors (Lipinski definition) is 12. The average Bonchev–Trinajstić information content (AvgIpc) is 1.82. The number of nitrogens with zero attached hydrogens (tertiary/aromatic N) is 2. The van der Waals surface area contributed by atoms with Crippen molar-refractivity contribution in [3.05, 3.63) is 174 Å². The molecule has 17 nitrogen and oxygen atoms in total. The summed E-state index contributed by atoms with van der Waals surface area (Å²) in [5, 5.41) is 29.2. The maximum absolute atomic E-state index is 12.9. The van der Waals surface area contributed by atoms with E-state index in [1.165, 1.54) is 42.4 Å². The van der Waals surface area contributed by atoms with Crippen LogP contribution in [0.15, 0.2) is 109 Å². The van der Waals surface area contributed by atoms with Gasteiger partial charge >= 0.3 is 36.3 Å². The van der Waals surface area contributed by atoms with E-state index < -0.39 is 30.1 Å². The van der Waals surface area contributed by atoms with Crippen LogP contribution >= 0.6 is 34.8 Å². The van der Waals surface area contributed by atoms with Gasteiger partial charge in [0.15, 0.2) is 0 Å². The predicted molar refractivity (Wildman–Crippen MR) is 374 cm³/mol. The van der Waals surface area contributed by atoms with E-state index >= 15 is 0 Å². The molecule has 3 aliphatic heterocycles. The number of hydrogen-bond donors (Lipinski definition) is 8. The number of carbonyl (C=O) groups is 5. The topological polar surface area (TPSA) is 244 Å². The molecule has 0 radical (unpaired) electrons. The molecule has 532 valence electrons. The van der Waals surface area contributed by atoms with E-state index in [2.05, 4.69) is 50.1 Å². The molecule has 4 amide bonds. The van der Waals surface area contributed by atoms with E-state index in [1.54, 1.807) is 31.2 Å². The van der Waals surface area contributed by atoms with Gasteiger partial charge in [-0.1, -0.05) is 135 Å². The van der Waals surface area contributed by atoms with Crippen molar-refractivity contribution < 1.29 is 65.0 Å². The molecule has 26 heteroatoms. The standard InChI is InChI=1S/C26H29ClF3N3O2.C24H30ClN3O.C19H19ClF3N3O.C3H6O2.CO2/c27-22-11-8-18-12-14-33(25(35)26(28,29)30)15-13-21(18)23(22)31-16-17-6-9-20(10-7-17)32-24(34)19-4-2-1-3-5-19;25-22-11-8-18-12-14-26-15-13-21(18)23(22)27-16-17-6-9-20(10-7-17)28-24(29)19-4-2-1-3-5-19;20-16-6-3-13-7-9-26(18(27)19(21,22)23)10-8-15(13)17(16)25-11-12-1-4-14(24)5-2-12;1-2-3(4)5;2-1-3/h6-11,19,31H,1-5,12-16H2,(H,32,34);6-11,19,26-27H,1-5,12-16H2,(H,28,29);1-6,25H,7-11,24H2;2H2,1H3,(H,4,5);. The number of carboxylic acid groups (broad SMARTS) is 1. The summed E-state index contributed by atoms with van der Waals surface area (Å²) in [7, 11) is 0. The van der Waals surface area contributed by atoms with Gasteiger partial charge in [-0.05, 0) is 182 Å². The van der Waals surface area contributed by atoms with E-state index in [4.69, 9.17) is 55.2 Å². The number of aliphatic carboxylic acids is 1. The summed E-state index contributed by atoms with van der Waals surface area (Å²) < 4.78 is 76.9. The normalized spacial score (nSPS) is 15.4. The Balaban J connectivity index is 0.000000199. The highest BCUT2D eigenvalue weighted by atomic mass is 35.5. The summed E-state index contributed by atoms with van der Waals surface area (Å²) in [5.41, 5.74) is 19.7. The van der Waals surface area contributed by atoms with Gasteiger partial charge < -0.3 is 52.5 Å². The Morgan fingerprint density at radius 1 is 0.495 bits per heavy atom. The Morgan fingerprint density at radius 3 is 1.15 bits per heavy atom. The van der Waals surface area contributed by atoms with Crippen LogP contribution in [-0.4, -0.2) is 102 Å². The van der Waals surface area contributed by atoms with Crippen LogP contribution in [0.5, 0.6) is 0 Å². The summed E-state index contributed by atoms with van der Waals surface area (Å²) in [4.78, 5) is 75.5. The molecule has 3 heterocycles. The van der Waals surface area contributed by atoms with Gasteiger partial charge in [0.2, 0.25) is 11.8 Å². The second-order valence-corrected chi connectivity index (χ2v) is 25.9. The molecule has 2 aliphatic carbocycles. The number of nitrogen functional groups attached to an aromatic ring is 1. The number of fused-ring (bicyclic) bond motifs is 3. The van der Waals surface area contributed by atoms with Crippen molar-refractivity contribution >= 4 is 105 Å². The SMILES string of the molecule is CCC(=O)O.Nc1ccc(CNc2c(Cl)ccc3c2CCN(C(=O)C(F)(F)F)CC3)cc1.O=C(Nc1ccc(CNc2c(Cl)ccc3c2CCN(C(=O)C(F)(F)F)CC3)cc1)C1CCCCC1.O=C(Nc1ccc(CNc2c(Cl)ccc3c2CCNCC3)cc1)C1CCCCC1.O=C=O. The molecule has 5 aliphatic rings. The zero-order valence-electron chi connectivity index (χ0n) is 55.1. The fourth-order valence-electron chi connectivity index (χ4n) is 12.5. The number of carboxylic acids is 1. The smallest absolute Gasteiger partial charge is 0.471 e. The van der Waals surface area contributed by atoms with Gasteiger partial charge in [-0.3, -0.25) is 24.0 Å². The maximum atomic E-state index is 12.9. The van der Waals surface area contributed by atoms with Gasteiger partial charge in [0.25, 0.3) is 0 Å². The first kappa shape index (κ1) is 78.0. The van der Waals surface area contributed by atoms with Gasteiger partial charge in [0, 0.05) is 81.1 Å². The Bertz CT molecular complexity index is 3720. The lowest BCUT2D eigenvalue weighted by Gasteiger charge is -2.21. The van der Waals surface area contributed by atoms with Gasteiger partial charge in [-0.25, -0.2) is 0 Å². The predicted octanol–water partition coefficient (Wildman–Crippen LogP) is 15.0. The average molecular weight is 1440 g/mol. The summed E-state index contributed by atoms with van der Waals surface area (Å²) >= 11 is 19.3. The van der Waals surface area contributed by atoms with Crippen molar-refractivity contribution in [3.63, 3.8) is 0 Å². The third-order valence-electron chi connectivity index (χ3n) is 17.9. The minimum atomic E-state index is -4.88. The number of alkyl halides is 6. The van der Waals surface area contributed by atoms with Crippen LogP contribution in [0.2, 0.25) is 15.1 Å². The molecule has 0 spiro atoms. The zero-order valence-corrected chi connectivity index (χ0v) is 57.4. The van der Waals surface area contributed by atoms with Crippen LogP contribution in [0.1, 0.15) is 128 Å². The number of amides is 4. The first-order chi connectivity index (χ1) is 47.4. The lowest BCUT2D eigenvalue weighted by molar-refractivity contribution is -0.191. The molecule has 0 bridgehead atoms. The van der Waals surface area contributed by atoms with Crippen molar-refractivity contribution in [1.29, 1.82) is 0 Å². The molecule has 2 fully saturated rings. The number of carbonyl (C=O) groups excluding carboxylic acids is 6. The van der Waals surface area contributed by atoms with Crippen LogP contribution in [0.25, 0.3) is 0 Å². The summed E-state index contributed by atoms with van der Waals surface area (Å²) in [5.74, 6) is -3.84. The van der Waals surface area contributed by atoms with E-state index in [0.29, 0.717) is 66.0 Å². The van der Waals surface area contributed by atoms with Crippen LogP contribution in [-0.2, 0) is 91.7 Å². The number of nitrogens with two attached hydrogens (primary N) is 1. The first-order valence-corrected chi connectivity index (χ1v) is 34.4. The Hall–Kier alpha value is -8.34.